The van der Waals surface area contributed by atoms with Crippen molar-refractivity contribution in [1.29, 1.82) is 0 Å². The molecule has 11 heteroatoms. The second-order valence-electron chi connectivity index (χ2n) is 16.0. The first-order valence-corrected chi connectivity index (χ1v) is 23.3. The molecule has 0 spiro atoms. The molecule has 0 unspecified atom stereocenters. The zero-order valence-electron chi connectivity index (χ0n) is 38.4. The van der Waals surface area contributed by atoms with Crippen molar-refractivity contribution in [2.45, 2.75) is 90.9 Å². The predicted molar refractivity (Wildman–Crippen MR) is 263 cm³/mol. The average Bonchev–Trinajstić information content (AvgIpc) is 3.36. The van der Waals surface area contributed by atoms with Gasteiger partial charge in [0.15, 0.2) is 0 Å². The van der Waals surface area contributed by atoms with Crippen LogP contribution >= 0.6 is 0 Å². The molecule has 0 amide bonds. The van der Waals surface area contributed by atoms with Crippen LogP contribution in [0.3, 0.4) is 0 Å². The van der Waals surface area contributed by atoms with E-state index in [1.54, 1.807) is 72.9 Å². The van der Waals surface area contributed by atoms with E-state index < -0.39 is 17.9 Å². The lowest BCUT2D eigenvalue weighted by molar-refractivity contribution is 0.0723. The van der Waals surface area contributed by atoms with E-state index in [1.807, 2.05) is 48.5 Å². The SMILES string of the molecule is CCCCCCCCCCOc1ccc(C(=O)Oc2ccc(C(=O)Oc3cccc(OC(=O)c4ccc(C=Nc5ccc(N=Nc6ccc(OCCCCCC)cc6)cc5)cc4)c3)cc2)cc1. The Morgan fingerprint density at radius 1 is 0.403 bits per heavy atom. The maximum atomic E-state index is 13.0. The number of carbonyl (C=O) groups excluding carboxylic acids is 3. The number of aliphatic imine (C=N–C) groups is 1. The Balaban J connectivity index is 0.905. The van der Waals surface area contributed by atoms with Crippen molar-refractivity contribution in [2.75, 3.05) is 13.2 Å². The third-order valence-electron chi connectivity index (χ3n) is 10.6. The summed E-state index contributed by atoms with van der Waals surface area (Å²) >= 11 is 0. The number of rotatable bonds is 26. The molecule has 0 aliphatic carbocycles. The number of unbranched alkanes of at least 4 members (excludes halogenated alkanes) is 10. The fraction of sp³-hybridized carbons (Fsp3) is 0.286. The zero-order valence-corrected chi connectivity index (χ0v) is 38.4. The molecule has 0 aromatic heterocycles. The average molecular weight is 902 g/mol. The zero-order chi connectivity index (χ0) is 46.9. The normalized spacial score (nSPS) is 11.1. The molecule has 346 valence electrons. The second kappa shape index (κ2) is 27.2. The Bertz CT molecular complexity index is 2500. The largest absolute Gasteiger partial charge is 0.494 e. The van der Waals surface area contributed by atoms with Crippen LogP contribution in [0.2, 0.25) is 0 Å². The van der Waals surface area contributed by atoms with E-state index >= 15 is 0 Å². The molecule has 0 saturated heterocycles. The number of carbonyl (C=O) groups is 3. The van der Waals surface area contributed by atoms with Gasteiger partial charge in [-0.15, -0.1) is 0 Å². The molecule has 6 rings (SSSR count). The third kappa shape index (κ3) is 17.2. The quantitative estimate of drug-likeness (QED) is 0.0173. The van der Waals surface area contributed by atoms with Gasteiger partial charge >= 0.3 is 17.9 Å². The minimum absolute atomic E-state index is 0.183. The van der Waals surface area contributed by atoms with Crippen LogP contribution in [0, 0.1) is 0 Å². The summed E-state index contributed by atoms with van der Waals surface area (Å²) < 4.78 is 28.3. The first-order chi connectivity index (χ1) is 32.8. The molecule has 0 bridgehead atoms. The summed E-state index contributed by atoms with van der Waals surface area (Å²) in [4.78, 5) is 43.3. The number of benzene rings is 6. The monoisotopic (exact) mass is 901 g/mol. The summed E-state index contributed by atoms with van der Waals surface area (Å²) in [6.45, 7) is 5.78. The van der Waals surface area contributed by atoms with Gasteiger partial charge in [-0.3, -0.25) is 4.99 Å². The molecule has 67 heavy (non-hydrogen) atoms. The van der Waals surface area contributed by atoms with E-state index in [0.29, 0.717) is 35.8 Å². The Morgan fingerprint density at radius 2 is 0.776 bits per heavy atom. The Kier molecular flexibility index (Phi) is 19.9. The summed E-state index contributed by atoms with van der Waals surface area (Å²) in [5.74, 6) is 0.433. The summed E-state index contributed by atoms with van der Waals surface area (Å²) in [6, 6.07) is 40.9. The van der Waals surface area contributed by atoms with Gasteiger partial charge in [-0.05, 0) is 140 Å². The lowest BCUT2D eigenvalue weighted by Gasteiger charge is -2.09. The number of hydrogen-bond donors (Lipinski definition) is 0. The van der Waals surface area contributed by atoms with E-state index in [1.165, 1.54) is 88.1 Å². The van der Waals surface area contributed by atoms with Crippen molar-refractivity contribution in [3.63, 3.8) is 0 Å². The van der Waals surface area contributed by atoms with Crippen LogP contribution in [0.4, 0.5) is 17.1 Å². The van der Waals surface area contributed by atoms with Gasteiger partial charge in [0.1, 0.15) is 28.7 Å². The molecular weight excluding hydrogens is 843 g/mol. The van der Waals surface area contributed by atoms with Gasteiger partial charge in [-0.2, -0.15) is 10.2 Å². The van der Waals surface area contributed by atoms with Gasteiger partial charge in [0.05, 0.1) is 47.0 Å². The van der Waals surface area contributed by atoms with Gasteiger partial charge in [-0.1, -0.05) is 96.3 Å². The van der Waals surface area contributed by atoms with Crippen LogP contribution in [0.5, 0.6) is 28.7 Å². The van der Waals surface area contributed by atoms with Crippen LogP contribution in [-0.2, 0) is 0 Å². The fourth-order valence-corrected chi connectivity index (χ4v) is 6.77. The van der Waals surface area contributed by atoms with Gasteiger partial charge in [0.2, 0.25) is 0 Å². The van der Waals surface area contributed by atoms with Gasteiger partial charge < -0.3 is 23.7 Å². The van der Waals surface area contributed by atoms with Gasteiger partial charge in [-0.25, -0.2) is 14.4 Å². The first-order valence-electron chi connectivity index (χ1n) is 23.3. The summed E-state index contributed by atoms with van der Waals surface area (Å²) in [5.41, 5.74) is 3.89. The number of azo groups is 1. The summed E-state index contributed by atoms with van der Waals surface area (Å²) in [7, 11) is 0. The minimum atomic E-state index is -0.640. The molecule has 0 fully saturated rings. The highest BCUT2D eigenvalue weighted by molar-refractivity contribution is 5.94. The predicted octanol–water partition coefficient (Wildman–Crippen LogP) is 15.0. The Morgan fingerprint density at radius 3 is 1.27 bits per heavy atom. The molecule has 0 atom stereocenters. The molecule has 0 N–H and O–H groups in total. The number of ether oxygens (including phenoxy) is 5. The van der Waals surface area contributed by atoms with Crippen LogP contribution in [-0.4, -0.2) is 37.3 Å². The van der Waals surface area contributed by atoms with Crippen molar-refractivity contribution >= 4 is 41.2 Å². The van der Waals surface area contributed by atoms with E-state index in [0.717, 1.165) is 42.0 Å². The smallest absolute Gasteiger partial charge is 0.343 e. The highest BCUT2D eigenvalue weighted by Crippen LogP contribution is 2.26. The second-order valence-corrected chi connectivity index (χ2v) is 16.0. The molecule has 0 aliphatic rings. The minimum Gasteiger partial charge on any atom is -0.494 e. The molecule has 0 saturated carbocycles. The molecule has 0 aliphatic heterocycles. The Hall–Kier alpha value is -7.40. The Labute approximate surface area is 393 Å². The van der Waals surface area contributed by atoms with E-state index in [4.69, 9.17) is 23.7 Å². The van der Waals surface area contributed by atoms with Crippen LogP contribution in [0.25, 0.3) is 0 Å². The maximum absolute atomic E-state index is 13.0. The highest BCUT2D eigenvalue weighted by atomic mass is 16.5. The third-order valence-corrected chi connectivity index (χ3v) is 10.6. The molecule has 11 nitrogen and oxygen atoms in total. The first kappa shape index (κ1) is 49.0. The lowest BCUT2D eigenvalue weighted by Crippen LogP contribution is -2.11. The molecular formula is C56H59N3O8. The number of esters is 3. The fourth-order valence-electron chi connectivity index (χ4n) is 6.77. The molecule has 6 aromatic carbocycles. The standard InChI is InChI=1S/C56H59N3O8/c1-3-5-7-9-10-11-12-14-39-63-49-32-22-44(23-33-49)54(60)65-51-34-24-45(25-35-51)56(62)67-53-17-15-16-52(40-53)66-55(61)43-20-18-42(19-21-43)41-57-46-26-28-47(29-27-46)58-59-48-30-36-50(37-31-48)64-38-13-8-6-4-2/h15-37,40-41H,3-14,38-39H2,1-2H3. The molecule has 0 radical (unpaired) electrons. The summed E-state index contributed by atoms with van der Waals surface area (Å²) in [6.07, 6.45) is 16.2. The number of hydrogen-bond acceptors (Lipinski definition) is 11. The van der Waals surface area contributed by atoms with Gasteiger partial charge in [0.25, 0.3) is 0 Å². The van der Waals surface area contributed by atoms with Crippen molar-refractivity contribution in [1.82, 2.24) is 0 Å². The van der Waals surface area contributed by atoms with Crippen molar-refractivity contribution in [3.8, 4) is 28.7 Å². The van der Waals surface area contributed by atoms with Crippen molar-refractivity contribution in [3.05, 3.63) is 168 Å². The van der Waals surface area contributed by atoms with Crippen molar-refractivity contribution in [2.24, 2.45) is 15.2 Å². The van der Waals surface area contributed by atoms with E-state index in [-0.39, 0.29) is 22.8 Å². The van der Waals surface area contributed by atoms with E-state index in [9.17, 15) is 14.4 Å². The summed E-state index contributed by atoms with van der Waals surface area (Å²) in [5, 5.41) is 8.66. The molecule has 6 aromatic rings. The lowest BCUT2D eigenvalue weighted by atomic mass is 10.1. The van der Waals surface area contributed by atoms with Crippen LogP contribution < -0.4 is 23.7 Å². The van der Waals surface area contributed by atoms with E-state index in [2.05, 4.69) is 29.1 Å². The highest BCUT2D eigenvalue weighted by Gasteiger charge is 2.14. The van der Waals surface area contributed by atoms with Gasteiger partial charge in [0, 0.05) is 12.3 Å². The number of nitrogens with zero attached hydrogens (tertiary/aromatic N) is 3. The topological polar surface area (TPSA) is 134 Å². The van der Waals surface area contributed by atoms with Crippen LogP contribution in [0.15, 0.2) is 161 Å². The molecule has 0 heterocycles. The van der Waals surface area contributed by atoms with Crippen LogP contribution in [0.1, 0.15) is 128 Å². The van der Waals surface area contributed by atoms with Crippen molar-refractivity contribution < 1.29 is 38.1 Å². The maximum Gasteiger partial charge on any atom is 0.343 e.